The van der Waals surface area contributed by atoms with Gasteiger partial charge in [0.05, 0.1) is 4.83 Å². The Balaban J connectivity index is 3.15. The van der Waals surface area contributed by atoms with Crippen LogP contribution in [0.4, 0.5) is 5.69 Å². The van der Waals surface area contributed by atoms with E-state index in [-0.39, 0.29) is 22.7 Å². The molecular weight excluding hydrogens is 302 g/mol. The van der Waals surface area contributed by atoms with Crippen LogP contribution in [-0.2, 0) is 4.79 Å². The molecule has 0 radical (unpaired) electrons. The second-order valence-corrected chi connectivity index (χ2v) is 5.01. The molecule has 6 nitrogen and oxygen atoms in total. The Labute approximate surface area is 112 Å². The van der Waals surface area contributed by atoms with Crippen molar-refractivity contribution in [2.75, 3.05) is 5.32 Å². The maximum Gasteiger partial charge on any atom is 0.248 e. The van der Waals surface area contributed by atoms with Gasteiger partial charge in [-0.3, -0.25) is 14.4 Å². The van der Waals surface area contributed by atoms with E-state index in [1.54, 1.807) is 6.92 Å². The first kappa shape index (κ1) is 14.2. The van der Waals surface area contributed by atoms with E-state index in [0.29, 0.717) is 0 Å². The molecule has 1 unspecified atom stereocenters. The predicted octanol–water partition coefficient (Wildman–Crippen LogP) is 0.606. The van der Waals surface area contributed by atoms with Crippen molar-refractivity contribution in [3.63, 3.8) is 0 Å². The Hall–Kier alpha value is -1.89. The number of carbonyl (C=O) groups excluding carboxylic acids is 3. The maximum atomic E-state index is 11.5. The van der Waals surface area contributed by atoms with E-state index in [2.05, 4.69) is 21.2 Å². The fraction of sp³-hybridized carbons (Fsp3) is 0.182. The molecule has 0 saturated heterocycles. The van der Waals surface area contributed by atoms with Crippen LogP contribution in [0.2, 0.25) is 0 Å². The zero-order chi connectivity index (χ0) is 13.9. The topological polar surface area (TPSA) is 115 Å². The van der Waals surface area contributed by atoms with Crippen molar-refractivity contribution in [1.29, 1.82) is 0 Å². The van der Waals surface area contributed by atoms with E-state index in [4.69, 9.17) is 11.5 Å². The number of anilines is 1. The van der Waals surface area contributed by atoms with Gasteiger partial charge in [-0.2, -0.15) is 0 Å². The third kappa shape index (κ3) is 3.56. The van der Waals surface area contributed by atoms with Gasteiger partial charge in [0.25, 0.3) is 0 Å². The summed E-state index contributed by atoms with van der Waals surface area (Å²) in [6, 6.07) is 4.03. The summed E-state index contributed by atoms with van der Waals surface area (Å²) in [5.74, 6) is -1.73. The lowest BCUT2D eigenvalue weighted by Gasteiger charge is -2.09. The van der Waals surface area contributed by atoms with Crippen LogP contribution in [0.5, 0.6) is 0 Å². The number of rotatable bonds is 4. The number of nitrogens with one attached hydrogen (secondary N) is 1. The summed E-state index contributed by atoms with van der Waals surface area (Å²) in [4.78, 5) is 33.3. The molecule has 0 aliphatic heterocycles. The van der Waals surface area contributed by atoms with Gasteiger partial charge >= 0.3 is 0 Å². The van der Waals surface area contributed by atoms with Gasteiger partial charge in [-0.25, -0.2) is 0 Å². The summed E-state index contributed by atoms with van der Waals surface area (Å²) < 4.78 is 0. The predicted molar refractivity (Wildman–Crippen MR) is 70.5 cm³/mol. The zero-order valence-corrected chi connectivity index (χ0v) is 11.2. The number of primary amides is 2. The van der Waals surface area contributed by atoms with Crippen LogP contribution in [0.25, 0.3) is 0 Å². The molecule has 0 aliphatic rings. The van der Waals surface area contributed by atoms with Crippen molar-refractivity contribution >= 4 is 39.3 Å². The van der Waals surface area contributed by atoms with Crippen LogP contribution in [0.3, 0.4) is 0 Å². The Kier molecular flexibility index (Phi) is 4.43. The highest BCUT2D eigenvalue weighted by molar-refractivity contribution is 9.10. The van der Waals surface area contributed by atoms with Gasteiger partial charge in [-0.05, 0) is 25.1 Å². The van der Waals surface area contributed by atoms with Crippen LogP contribution in [0.1, 0.15) is 27.6 Å². The van der Waals surface area contributed by atoms with E-state index < -0.39 is 16.6 Å². The molecule has 1 atom stereocenters. The summed E-state index contributed by atoms with van der Waals surface area (Å²) in [6.45, 7) is 1.64. The van der Waals surface area contributed by atoms with Crippen molar-refractivity contribution in [1.82, 2.24) is 0 Å². The largest absolute Gasteiger partial charge is 0.366 e. The lowest BCUT2D eigenvalue weighted by molar-refractivity contribution is -0.115. The third-order valence-corrected chi connectivity index (χ3v) is 2.55. The van der Waals surface area contributed by atoms with E-state index >= 15 is 0 Å². The second kappa shape index (κ2) is 5.63. The number of hydrogen-bond donors (Lipinski definition) is 3. The first-order chi connectivity index (χ1) is 8.31. The Morgan fingerprint density at radius 1 is 1.11 bits per heavy atom. The number of nitrogens with two attached hydrogens (primary N) is 2. The average Bonchev–Trinajstić information content (AvgIpc) is 2.28. The molecule has 3 amide bonds. The minimum absolute atomic E-state index is 0.101. The highest BCUT2D eigenvalue weighted by Crippen LogP contribution is 2.16. The van der Waals surface area contributed by atoms with Crippen molar-refractivity contribution in [2.24, 2.45) is 11.5 Å². The number of carbonyl (C=O) groups is 3. The third-order valence-electron chi connectivity index (χ3n) is 2.13. The van der Waals surface area contributed by atoms with Gasteiger partial charge in [0.2, 0.25) is 17.7 Å². The van der Waals surface area contributed by atoms with Gasteiger partial charge in [-0.1, -0.05) is 15.9 Å². The molecule has 1 rings (SSSR count). The molecule has 0 bridgehead atoms. The fourth-order valence-corrected chi connectivity index (χ4v) is 1.34. The molecule has 5 N–H and O–H groups in total. The van der Waals surface area contributed by atoms with Crippen LogP contribution in [0.15, 0.2) is 18.2 Å². The lowest BCUT2D eigenvalue weighted by Crippen LogP contribution is -2.21. The van der Waals surface area contributed by atoms with Gasteiger partial charge in [-0.15, -0.1) is 0 Å². The van der Waals surface area contributed by atoms with Gasteiger partial charge in [0.15, 0.2) is 0 Å². The molecule has 0 aromatic heterocycles. The Bertz CT molecular complexity index is 482. The van der Waals surface area contributed by atoms with Crippen molar-refractivity contribution in [2.45, 2.75) is 11.8 Å². The molecular formula is C11H12BrN3O3. The minimum Gasteiger partial charge on any atom is -0.366 e. The molecule has 96 valence electrons. The number of alkyl halides is 1. The van der Waals surface area contributed by atoms with Gasteiger partial charge in [0, 0.05) is 16.8 Å². The Morgan fingerprint density at radius 3 is 1.89 bits per heavy atom. The van der Waals surface area contributed by atoms with Crippen LogP contribution in [0, 0.1) is 0 Å². The molecule has 1 aromatic carbocycles. The van der Waals surface area contributed by atoms with Crippen molar-refractivity contribution in [3.8, 4) is 0 Å². The van der Waals surface area contributed by atoms with Crippen LogP contribution < -0.4 is 16.8 Å². The van der Waals surface area contributed by atoms with E-state index in [1.807, 2.05) is 0 Å². The SMILES string of the molecule is CC(Br)C(=O)Nc1cc(C(N)=O)cc(C(N)=O)c1. The monoisotopic (exact) mass is 313 g/mol. The highest BCUT2D eigenvalue weighted by Gasteiger charge is 2.13. The van der Waals surface area contributed by atoms with E-state index in [9.17, 15) is 14.4 Å². The molecule has 0 fully saturated rings. The van der Waals surface area contributed by atoms with Gasteiger partial charge < -0.3 is 16.8 Å². The van der Waals surface area contributed by atoms with Crippen LogP contribution in [-0.4, -0.2) is 22.5 Å². The van der Waals surface area contributed by atoms with E-state index in [1.165, 1.54) is 18.2 Å². The van der Waals surface area contributed by atoms with Crippen molar-refractivity contribution < 1.29 is 14.4 Å². The molecule has 0 heterocycles. The summed E-state index contributed by atoms with van der Waals surface area (Å²) in [5.41, 5.74) is 10.7. The van der Waals surface area contributed by atoms with Crippen molar-refractivity contribution in [3.05, 3.63) is 29.3 Å². The molecule has 18 heavy (non-hydrogen) atoms. The smallest absolute Gasteiger partial charge is 0.248 e. The standard InChI is InChI=1S/C11H12BrN3O3/c1-5(12)11(18)15-8-3-6(9(13)16)2-7(4-8)10(14)17/h2-5H,1H3,(H2,13,16)(H2,14,17)(H,15,18). The molecule has 0 spiro atoms. The summed E-state index contributed by atoms with van der Waals surface area (Å²) in [5, 5.41) is 2.53. The maximum absolute atomic E-state index is 11.5. The summed E-state index contributed by atoms with van der Waals surface area (Å²) in [7, 11) is 0. The molecule has 0 saturated carbocycles. The average molecular weight is 314 g/mol. The summed E-state index contributed by atoms with van der Waals surface area (Å²) in [6.07, 6.45) is 0. The number of halogens is 1. The van der Waals surface area contributed by atoms with Crippen LogP contribution >= 0.6 is 15.9 Å². The second-order valence-electron chi connectivity index (χ2n) is 3.63. The molecule has 1 aromatic rings. The van der Waals surface area contributed by atoms with Gasteiger partial charge in [0.1, 0.15) is 0 Å². The molecule has 0 aliphatic carbocycles. The first-order valence-corrected chi connectivity index (χ1v) is 5.92. The normalized spacial score (nSPS) is 11.7. The van der Waals surface area contributed by atoms with E-state index in [0.717, 1.165) is 0 Å². The lowest BCUT2D eigenvalue weighted by atomic mass is 10.1. The zero-order valence-electron chi connectivity index (χ0n) is 9.57. The number of hydrogen-bond acceptors (Lipinski definition) is 3. The number of benzene rings is 1. The number of amides is 3. The molecule has 7 heteroatoms. The quantitative estimate of drug-likeness (QED) is 0.707. The first-order valence-electron chi connectivity index (χ1n) is 5.01. The Morgan fingerprint density at radius 2 is 1.56 bits per heavy atom. The fourth-order valence-electron chi connectivity index (χ4n) is 1.23. The summed E-state index contributed by atoms with van der Waals surface area (Å²) >= 11 is 3.10. The highest BCUT2D eigenvalue weighted by atomic mass is 79.9. The minimum atomic E-state index is -0.708.